The number of likely N-dealkylation sites (tertiary alicyclic amines) is 1. The molecule has 3 heterocycles. The number of ether oxygens (including phenoxy) is 1. The third-order valence-electron chi connectivity index (χ3n) is 6.56. The molecule has 0 radical (unpaired) electrons. The van der Waals surface area contributed by atoms with E-state index in [0.717, 1.165) is 31.2 Å². The van der Waals surface area contributed by atoms with Gasteiger partial charge >= 0.3 is 0 Å². The van der Waals surface area contributed by atoms with Crippen molar-refractivity contribution in [2.45, 2.75) is 51.2 Å². The van der Waals surface area contributed by atoms with E-state index in [9.17, 15) is 10.1 Å². The molecule has 4 fully saturated rings. The highest BCUT2D eigenvalue weighted by Gasteiger charge is 2.71. The van der Waals surface area contributed by atoms with Crippen molar-refractivity contribution < 1.29 is 9.53 Å². The summed E-state index contributed by atoms with van der Waals surface area (Å²) in [5.41, 5.74) is 1.76. The molecule has 2 aliphatic heterocycles. The van der Waals surface area contributed by atoms with Crippen molar-refractivity contribution in [1.29, 1.82) is 5.26 Å². The SMILES string of the molecule is CCC12CC(C(=O)N3C[C@@H]4C[C@H]3c3cncc(C#N)c3O4)(C1)C2. The predicted molar refractivity (Wildman–Crippen MR) is 81.4 cm³/mol. The van der Waals surface area contributed by atoms with Crippen molar-refractivity contribution >= 4 is 5.91 Å². The molecule has 3 aliphatic carbocycles. The minimum Gasteiger partial charge on any atom is -0.487 e. The zero-order valence-corrected chi connectivity index (χ0v) is 13.2. The highest BCUT2D eigenvalue weighted by Crippen LogP contribution is 2.75. The summed E-state index contributed by atoms with van der Waals surface area (Å²) in [6.45, 7) is 2.87. The third-order valence-corrected chi connectivity index (χ3v) is 6.56. The van der Waals surface area contributed by atoms with Crippen LogP contribution in [0.25, 0.3) is 0 Å². The van der Waals surface area contributed by atoms with Crippen LogP contribution < -0.4 is 4.74 Å². The highest BCUT2D eigenvalue weighted by atomic mass is 16.5. The summed E-state index contributed by atoms with van der Waals surface area (Å²) in [5, 5.41) is 9.25. The standard InChI is InChI=1S/C18H19N3O2/c1-2-17-8-18(9-17,10-17)16(22)21-7-12-3-14(21)13-6-20-5-11(4-19)15(13)23-12/h5-6,12,14H,2-3,7-10H2,1H3/t12-,14-,17?,18?/m0/s1. The molecule has 5 heteroatoms. The van der Waals surface area contributed by atoms with Gasteiger partial charge in [-0.05, 0) is 24.7 Å². The van der Waals surface area contributed by atoms with E-state index in [2.05, 4.69) is 18.0 Å². The molecule has 2 atom stereocenters. The van der Waals surface area contributed by atoms with Crippen LogP contribution in [0.4, 0.5) is 0 Å². The van der Waals surface area contributed by atoms with E-state index in [1.807, 2.05) is 4.90 Å². The van der Waals surface area contributed by atoms with Gasteiger partial charge in [-0.3, -0.25) is 9.78 Å². The molecule has 1 saturated heterocycles. The number of aromatic nitrogens is 1. The summed E-state index contributed by atoms with van der Waals surface area (Å²) >= 11 is 0. The van der Waals surface area contributed by atoms with Crippen LogP contribution in [0.1, 0.15) is 56.2 Å². The molecule has 0 spiro atoms. The average molecular weight is 309 g/mol. The first-order chi connectivity index (χ1) is 11.1. The molecular weight excluding hydrogens is 290 g/mol. The Morgan fingerprint density at radius 2 is 2.26 bits per heavy atom. The summed E-state index contributed by atoms with van der Waals surface area (Å²) in [4.78, 5) is 19.3. The van der Waals surface area contributed by atoms with Gasteiger partial charge in [0.25, 0.3) is 0 Å². The Labute approximate surface area is 135 Å². The van der Waals surface area contributed by atoms with Gasteiger partial charge in [0.15, 0.2) is 0 Å². The fourth-order valence-electron chi connectivity index (χ4n) is 5.39. The summed E-state index contributed by atoms with van der Waals surface area (Å²) in [6.07, 6.45) is 8.52. The summed E-state index contributed by atoms with van der Waals surface area (Å²) < 4.78 is 5.99. The second-order valence-corrected chi connectivity index (χ2v) is 7.83. The van der Waals surface area contributed by atoms with Crippen molar-refractivity contribution in [2.75, 3.05) is 6.54 Å². The molecule has 0 unspecified atom stereocenters. The Bertz CT molecular complexity index is 746. The van der Waals surface area contributed by atoms with Gasteiger partial charge in [0, 0.05) is 24.4 Å². The average Bonchev–Trinajstić information content (AvgIpc) is 2.82. The molecule has 4 bridgehead atoms. The van der Waals surface area contributed by atoms with E-state index >= 15 is 0 Å². The van der Waals surface area contributed by atoms with Gasteiger partial charge in [-0.1, -0.05) is 13.3 Å². The summed E-state index contributed by atoms with van der Waals surface area (Å²) in [7, 11) is 0. The second-order valence-electron chi connectivity index (χ2n) is 7.83. The zero-order valence-electron chi connectivity index (χ0n) is 13.2. The lowest BCUT2D eigenvalue weighted by atomic mass is 9.34. The van der Waals surface area contributed by atoms with E-state index in [0.29, 0.717) is 29.2 Å². The minimum atomic E-state index is -0.0894. The quantitative estimate of drug-likeness (QED) is 0.842. The molecule has 3 saturated carbocycles. The van der Waals surface area contributed by atoms with Crippen LogP contribution in [0.2, 0.25) is 0 Å². The van der Waals surface area contributed by atoms with Gasteiger partial charge in [-0.25, -0.2) is 0 Å². The molecule has 5 aliphatic rings. The van der Waals surface area contributed by atoms with Crippen LogP contribution in [0.3, 0.4) is 0 Å². The molecule has 5 nitrogen and oxygen atoms in total. The minimum absolute atomic E-state index is 0.0124. The molecule has 1 amide bonds. The number of nitriles is 1. The first-order valence-corrected chi connectivity index (χ1v) is 8.45. The van der Waals surface area contributed by atoms with Crippen LogP contribution in [0, 0.1) is 22.2 Å². The Morgan fingerprint density at radius 3 is 2.96 bits per heavy atom. The molecule has 1 aromatic rings. The van der Waals surface area contributed by atoms with E-state index in [4.69, 9.17) is 4.74 Å². The maximum atomic E-state index is 13.1. The van der Waals surface area contributed by atoms with Crippen molar-refractivity contribution in [3.8, 4) is 11.8 Å². The van der Waals surface area contributed by atoms with Gasteiger partial charge in [0.1, 0.15) is 23.5 Å². The van der Waals surface area contributed by atoms with Crippen molar-refractivity contribution in [3.05, 3.63) is 23.5 Å². The number of hydrogen-bond acceptors (Lipinski definition) is 4. The Kier molecular flexibility index (Phi) is 2.35. The fraction of sp³-hybridized carbons (Fsp3) is 0.611. The second kappa shape index (κ2) is 4.05. The molecule has 0 aromatic carbocycles. The molecule has 6 rings (SSSR count). The number of amides is 1. The van der Waals surface area contributed by atoms with Gasteiger partial charge < -0.3 is 9.64 Å². The van der Waals surface area contributed by atoms with Crippen LogP contribution in [-0.4, -0.2) is 28.4 Å². The number of carbonyl (C=O) groups is 1. The number of nitrogens with zero attached hydrogens (tertiary/aromatic N) is 3. The highest BCUT2D eigenvalue weighted by molar-refractivity contribution is 5.87. The predicted octanol–water partition coefficient (Wildman–Crippen LogP) is 2.57. The normalized spacial score (nSPS) is 38.7. The van der Waals surface area contributed by atoms with Gasteiger partial charge in [0.05, 0.1) is 18.0 Å². The van der Waals surface area contributed by atoms with Gasteiger partial charge in [0.2, 0.25) is 5.91 Å². The molecule has 23 heavy (non-hydrogen) atoms. The van der Waals surface area contributed by atoms with Crippen molar-refractivity contribution in [1.82, 2.24) is 9.88 Å². The number of pyridine rings is 1. The van der Waals surface area contributed by atoms with Crippen molar-refractivity contribution in [3.63, 3.8) is 0 Å². The van der Waals surface area contributed by atoms with E-state index in [-0.39, 0.29) is 17.6 Å². The van der Waals surface area contributed by atoms with Gasteiger partial charge in [-0.2, -0.15) is 5.26 Å². The topological polar surface area (TPSA) is 66.2 Å². The number of rotatable bonds is 2. The lowest BCUT2D eigenvalue weighted by molar-refractivity contribution is -0.218. The van der Waals surface area contributed by atoms with Crippen molar-refractivity contribution in [2.24, 2.45) is 10.8 Å². The maximum Gasteiger partial charge on any atom is 0.229 e. The first kappa shape index (κ1) is 13.4. The van der Waals surface area contributed by atoms with Crippen LogP contribution >= 0.6 is 0 Å². The van der Waals surface area contributed by atoms with Crippen LogP contribution in [0.15, 0.2) is 12.4 Å². The van der Waals surface area contributed by atoms with Crippen LogP contribution in [-0.2, 0) is 4.79 Å². The first-order valence-electron chi connectivity index (χ1n) is 8.45. The molecule has 118 valence electrons. The third kappa shape index (κ3) is 1.52. The zero-order chi connectivity index (χ0) is 15.8. The van der Waals surface area contributed by atoms with E-state index in [1.54, 1.807) is 12.4 Å². The largest absolute Gasteiger partial charge is 0.487 e. The Balaban J connectivity index is 1.46. The summed E-state index contributed by atoms with van der Waals surface area (Å²) in [6, 6.07) is 2.18. The Hall–Kier alpha value is -2.09. The monoisotopic (exact) mass is 309 g/mol. The lowest BCUT2D eigenvalue weighted by Crippen LogP contribution is -2.67. The summed E-state index contributed by atoms with van der Waals surface area (Å²) in [5.74, 6) is 0.945. The van der Waals surface area contributed by atoms with Crippen LogP contribution in [0.5, 0.6) is 5.75 Å². The number of carbonyl (C=O) groups excluding carboxylic acids is 1. The van der Waals surface area contributed by atoms with E-state index < -0.39 is 0 Å². The fourth-order valence-corrected chi connectivity index (χ4v) is 5.39. The smallest absolute Gasteiger partial charge is 0.229 e. The van der Waals surface area contributed by atoms with Gasteiger partial charge in [-0.15, -0.1) is 0 Å². The lowest BCUT2D eigenvalue weighted by Gasteiger charge is -2.70. The van der Waals surface area contributed by atoms with E-state index in [1.165, 1.54) is 6.42 Å². The number of hydrogen-bond donors (Lipinski definition) is 0. The Morgan fingerprint density at radius 1 is 1.48 bits per heavy atom. The molecule has 1 aromatic heterocycles. The molecular formula is C18H19N3O2. The maximum absolute atomic E-state index is 13.1. The number of fused-ring (bicyclic) bond motifs is 4. The molecule has 0 N–H and O–H groups in total.